The number of benzene rings is 1. The molecule has 0 saturated carbocycles. The van der Waals surface area contributed by atoms with Crippen molar-refractivity contribution in [3.63, 3.8) is 0 Å². The molecule has 2 rings (SSSR count). The number of hydrogen-bond donors (Lipinski definition) is 1. The lowest BCUT2D eigenvalue weighted by Gasteiger charge is -2.08. The van der Waals surface area contributed by atoms with Crippen LogP contribution in [0.15, 0.2) is 24.3 Å². The zero-order valence-corrected chi connectivity index (χ0v) is 13.4. The Morgan fingerprint density at radius 1 is 1.41 bits per heavy atom. The molecule has 1 aromatic carbocycles. The number of carbonyl (C=O) groups is 1. The molecule has 0 aliphatic rings. The Morgan fingerprint density at radius 2 is 2.18 bits per heavy atom. The standard InChI is InChI=1S/C15H19ClN4O2/c1-3-4-9-17-14(21)13-15(22-2)20(19-18-13)10-11-7-5-6-8-12(11)16/h5-8H,3-4,9-10H2,1-2H3,(H,17,21). The summed E-state index contributed by atoms with van der Waals surface area (Å²) in [5.74, 6) is 0.0460. The molecular formula is C15H19ClN4O2. The summed E-state index contributed by atoms with van der Waals surface area (Å²) in [6, 6.07) is 7.45. The van der Waals surface area contributed by atoms with Gasteiger partial charge in [-0.2, -0.15) is 0 Å². The van der Waals surface area contributed by atoms with Crippen molar-refractivity contribution in [3.8, 4) is 5.88 Å². The molecule has 0 atom stereocenters. The second-order valence-electron chi connectivity index (χ2n) is 4.81. The fraction of sp³-hybridized carbons (Fsp3) is 0.400. The highest BCUT2D eigenvalue weighted by Gasteiger charge is 2.20. The van der Waals surface area contributed by atoms with Crippen molar-refractivity contribution in [1.82, 2.24) is 20.3 Å². The number of rotatable bonds is 7. The van der Waals surface area contributed by atoms with E-state index in [-0.39, 0.29) is 11.6 Å². The Balaban J connectivity index is 2.17. The second-order valence-corrected chi connectivity index (χ2v) is 5.21. The van der Waals surface area contributed by atoms with Crippen molar-refractivity contribution in [2.45, 2.75) is 26.3 Å². The zero-order valence-electron chi connectivity index (χ0n) is 12.7. The van der Waals surface area contributed by atoms with Gasteiger partial charge in [-0.05, 0) is 18.1 Å². The van der Waals surface area contributed by atoms with E-state index in [0.29, 0.717) is 24.0 Å². The van der Waals surface area contributed by atoms with E-state index >= 15 is 0 Å². The summed E-state index contributed by atoms with van der Waals surface area (Å²) in [5.41, 5.74) is 1.07. The van der Waals surface area contributed by atoms with Crippen LogP contribution in [0.4, 0.5) is 0 Å². The Kier molecular flexibility index (Phi) is 5.77. The van der Waals surface area contributed by atoms with Gasteiger partial charge in [0.25, 0.3) is 5.91 Å². The highest BCUT2D eigenvalue weighted by molar-refractivity contribution is 6.31. The number of unbranched alkanes of at least 4 members (excludes halogenated alkanes) is 1. The van der Waals surface area contributed by atoms with Crippen LogP contribution in [0.1, 0.15) is 35.8 Å². The van der Waals surface area contributed by atoms with Crippen molar-refractivity contribution < 1.29 is 9.53 Å². The van der Waals surface area contributed by atoms with Crippen molar-refractivity contribution in [1.29, 1.82) is 0 Å². The summed E-state index contributed by atoms with van der Waals surface area (Å²) in [7, 11) is 1.49. The van der Waals surface area contributed by atoms with E-state index in [0.717, 1.165) is 18.4 Å². The molecule has 2 aromatic rings. The molecule has 0 unspecified atom stereocenters. The highest BCUT2D eigenvalue weighted by atomic mass is 35.5. The smallest absolute Gasteiger partial charge is 0.277 e. The largest absolute Gasteiger partial charge is 0.479 e. The summed E-state index contributed by atoms with van der Waals surface area (Å²) >= 11 is 6.14. The van der Waals surface area contributed by atoms with E-state index in [1.807, 2.05) is 18.2 Å². The number of amides is 1. The van der Waals surface area contributed by atoms with Gasteiger partial charge in [-0.1, -0.05) is 48.4 Å². The molecule has 1 N–H and O–H groups in total. The quantitative estimate of drug-likeness (QED) is 0.795. The molecule has 0 radical (unpaired) electrons. The van der Waals surface area contributed by atoms with Crippen molar-refractivity contribution in [2.75, 3.05) is 13.7 Å². The van der Waals surface area contributed by atoms with Crippen LogP contribution in [0.25, 0.3) is 0 Å². The van der Waals surface area contributed by atoms with Crippen LogP contribution < -0.4 is 10.1 Å². The molecular weight excluding hydrogens is 304 g/mol. The summed E-state index contributed by atoms with van der Waals surface area (Å²) < 4.78 is 6.81. The second kappa shape index (κ2) is 7.79. The van der Waals surface area contributed by atoms with E-state index < -0.39 is 0 Å². The number of nitrogens with zero attached hydrogens (tertiary/aromatic N) is 3. The lowest BCUT2D eigenvalue weighted by molar-refractivity contribution is 0.0944. The fourth-order valence-electron chi connectivity index (χ4n) is 2.00. The Labute approximate surface area is 134 Å². The van der Waals surface area contributed by atoms with Crippen LogP contribution in [-0.2, 0) is 6.54 Å². The highest BCUT2D eigenvalue weighted by Crippen LogP contribution is 2.20. The van der Waals surface area contributed by atoms with Gasteiger partial charge in [0.15, 0.2) is 0 Å². The van der Waals surface area contributed by atoms with Crippen molar-refractivity contribution in [2.24, 2.45) is 0 Å². The Hall–Kier alpha value is -2.08. The van der Waals surface area contributed by atoms with E-state index in [2.05, 4.69) is 22.6 Å². The molecule has 0 fully saturated rings. The molecule has 6 nitrogen and oxygen atoms in total. The van der Waals surface area contributed by atoms with Crippen LogP contribution in [0.2, 0.25) is 5.02 Å². The van der Waals surface area contributed by atoms with E-state index in [9.17, 15) is 4.79 Å². The number of hydrogen-bond acceptors (Lipinski definition) is 4. The van der Waals surface area contributed by atoms with E-state index in [1.165, 1.54) is 11.8 Å². The number of aromatic nitrogens is 3. The summed E-state index contributed by atoms with van der Waals surface area (Å²) in [6.45, 7) is 3.06. The van der Waals surface area contributed by atoms with Gasteiger partial charge in [-0.15, -0.1) is 5.10 Å². The minimum atomic E-state index is -0.282. The molecule has 0 aliphatic carbocycles. The number of nitrogens with one attached hydrogen (secondary N) is 1. The molecule has 0 saturated heterocycles. The predicted molar refractivity (Wildman–Crippen MR) is 84.4 cm³/mol. The third-order valence-corrected chi connectivity index (χ3v) is 3.56. The first-order chi connectivity index (χ1) is 10.7. The van der Waals surface area contributed by atoms with Gasteiger partial charge in [0, 0.05) is 11.6 Å². The van der Waals surface area contributed by atoms with Gasteiger partial charge in [0.1, 0.15) is 0 Å². The van der Waals surface area contributed by atoms with E-state index in [1.54, 1.807) is 6.07 Å². The van der Waals surface area contributed by atoms with Crippen LogP contribution in [0.5, 0.6) is 5.88 Å². The topological polar surface area (TPSA) is 69.0 Å². The Bertz CT molecular complexity index is 642. The molecule has 1 amide bonds. The average Bonchev–Trinajstić information content (AvgIpc) is 2.92. The maximum Gasteiger partial charge on any atom is 0.277 e. The zero-order chi connectivity index (χ0) is 15.9. The van der Waals surface area contributed by atoms with Gasteiger partial charge >= 0.3 is 0 Å². The molecule has 0 spiro atoms. The number of ether oxygens (including phenoxy) is 1. The lowest BCUT2D eigenvalue weighted by atomic mass is 10.2. The van der Waals surface area contributed by atoms with Crippen LogP contribution in [0.3, 0.4) is 0 Å². The number of halogens is 1. The first-order valence-corrected chi connectivity index (χ1v) is 7.54. The van der Waals surface area contributed by atoms with Gasteiger partial charge in [0.05, 0.1) is 13.7 Å². The minimum absolute atomic E-state index is 0.186. The minimum Gasteiger partial charge on any atom is -0.479 e. The van der Waals surface area contributed by atoms with Gasteiger partial charge < -0.3 is 10.1 Å². The summed E-state index contributed by atoms with van der Waals surface area (Å²) in [4.78, 5) is 12.1. The maximum atomic E-state index is 12.1. The van der Waals surface area contributed by atoms with Gasteiger partial charge in [-0.3, -0.25) is 4.79 Å². The monoisotopic (exact) mass is 322 g/mol. The van der Waals surface area contributed by atoms with Crippen LogP contribution >= 0.6 is 11.6 Å². The molecule has 1 aromatic heterocycles. The fourth-order valence-corrected chi connectivity index (χ4v) is 2.20. The predicted octanol–water partition coefficient (Wildman–Crippen LogP) is 2.52. The van der Waals surface area contributed by atoms with E-state index in [4.69, 9.17) is 16.3 Å². The van der Waals surface area contributed by atoms with Crippen molar-refractivity contribution in [3.05, 3.63) is 40.5 Å². The third-order valence-electron chi connectivity index (χ3n) is 3.19. The summed E-state index contributed by atoms with van der Waals surface area (Å²) in [5, 5.41) is 11.4. The molecule has 0 aliphatic heterocycles. The van der Waals surface area contributed by atoms with Gasteiger partial charge in [0.2, 0.25) is 11.6 Å². The van der Waals surface area contributed by atoms with Gasteiger partial charge in [-0.25, -0.2) is 4.68 Å². The Morgan fingerprint density at radius 3 is 2.86 bits per heavy atom. The molecule has 0 bridgehead atoms. The molecule has 22 heavy (non-hydrogen) atoms. The number of methoxy groups -OCH3 is 1. The van der Waals surface area contributed by atoms with Crippen molar-refractivity contribution >= 4 is 17.5 Å². The normalized spacial score (nSPS) is 10.5. The lowest BCUT2D eigenvalue weighted by Crippen LogP contribution is -2.25. The van der Waals surface area contributed by atoms with Crippen LogP contribution in [0, 0.1) is 0 Å². The SMILES string of the molecule is CCCCNC(=O)c1nnn(Cc2ccccc2Cl)c1OC. The summed E-state index contributed by atoms with van der Waals surface area (Å²) in [6.07, 6.45) is 1.93. The molecule has 7 heteroatoms. The maximum absolute atomic E-state index is 12.1. The van der Waals surface area contributed by atoms with Crippen LogP contribution in [-0.4, -0.2) is 34.6 Å². The third kappa shape index (κ3) is 3.76. The number of carbonyl (C=O) groups excluding carboxylic acids is 1. The molecule has 118 valence electrons. The first-order valence-electron chi connectivity index (χ1n) is 7.16. The molecule has 1 heterocycles. The first kappa shape index (κ1) is 16.3. The average molecular weight is 323 g/mol.